The van der Waals surface area contributed by atoms with Gasteiger partial charge >= 0.3 is 5.97 Å². The molecular formula is C21H31N7O3. The minimum atomic E-state index is -0.860. The van der Waals surface area contributed by atoms with Gasteiger partial charge in [0.1, 0.15) is 5.82 Å². The van der Waals surface area contributed by atoms with Gasteiger partial charge < -0.3 is 15.3 Å². The zero-order valence-electron chi connectivity index (χ0n) is 18.3. The summed E-state index contributed by atoms with van der Waals surface area (Å²) in [5.74, 6) is -0.395. The number of aliphatic carboxylic acids is 1. The van der Waals surface area contributed by atoms with Gasteiger partial charge in [-0.15, -0.1) is 10.2 Å². The second kappa shape index (κ2) is 10.3. The van der Waals surface area contributed by atoms with Crippen molar-refractivity contribution in [2.24, 2.45) is 17.8 Å². The molecule has 1 saturated heterocycles. The van der Waals surface area contributed by atoms with Gasteiger partial charge in [0.05, 0.1) is 11.8 Å². The van der Waals surface area contributed by atoms with Crippen molar-refractivity contribution in [1.29, 1.82) is 0 Å². The Morgan fingerprint density at radius 1 is 1.35 bits per heavy atom. The van der Waals surface area contributed by atoms with Gasteiger partial charge in [-0.2, -0.15) is 5.21 Å². The number of aromatic nitrogens is 5. The van der Waals surface area contributed by atoms with Crippen molar-refractivity contribution in [1.82, 2.24) is 30.9 Å². The van der Waals surface area contributed by atoms with E-state index in [1.807, 2.05) is 26.0 Å². The molecule has 0 spiro atoms. The lowest BCUT2D eigenvalue weighted by atomic mass is 9.81. The van der Waals surface area contributed by atoms with E-state index in [-0.39, 0.29) is 17.7 Å². The molecule has 0 aromatic carbocycles. The quantitative estimate of drug-likeness (QED) is 0.547. The number of nitrogens with zero attached hydrogens (tertiary/aromatic N) is 5. The number of H-pyrrole nitrogens is 1. The first-order valence-electron chi connectivity index (χ1n) is 10.8. The smallest absolute Gasteiger partial charge is 0.307 e. The molecule has 3 heterocycles. The van der Waals surface area contributed by atoms with Crippen molar-refractivity contribution < 1.29 is 14.7 Å². The Balaban J connectivity index is 1.75. The number of rotatable bonds is 9. The third kappa shape index (κ3) is 5.77. The van der Waals surface area contributed by atoms with Crippen LogP contribution >= 0.6 is 0 Å². The van der Waals surface area contributed by atoms with Crippen molar-refractivity contribution in [2.45, 2.75) is 45.4 Å². The third-order valence-electron chi connectivity index (χ3n) is 5.85. The van der Waals surface area contributed by atoms with E-state index in [0.717, 1.165) is 30.8 Å². The highest BCUT2D eigenvalue weighted by Crippen LogP contribution is 2.31. The number of piperidine rings is 1. The highest BCUT2D eigenvalue weighted by atomic mass is 16.4. The van der Waals surface area contributed by atoms with Crippen molar-refractivity contribution in [3.05, 3.63) is 29.7 Å². The average Bonchev–Trinajstić information content (AvgIpc) is 3.30. The van der Waals surface area contributed by atoms with Crippen LogP contribution in [0, 0.1) is 17.8 Å². The van der Waals surface area contributed by atoms with Crippen LogP contribution in [-0.4, -0.2) is 62.7 Å². The van der Waals surface area contributed by atoms with E-state index >= 15 is 0 Å². The van der Waals surface area contributed by atoms with Crippen molar-refractivity contribution in [3.8, 4) is 0 Å². The molecule has 0 aliphatic carbocycles. The molecule has 3 rings (SSSR count). The fourth-order valence-corrected chi connectivity index (χ4v) is 4.27. The summed E-state index contributed by atoms with van der Waals surface area (Å²) < 4.78 is 0. The number of hydrogen-bond donors (Lipinski definition) is 3. The molecular weight excluding hydrogens is 398 g/mol. The maximum Gasteiger partial charge on any atom is 0.307 e. The molecule has 0 saturated carbocycles. The first kappa shape index (κ1) is 22.6. The number of hydrogen-bond acceptors (Lipinski definition) is 7. The summed E-state index contributed by atoms with van der Waals surface area (Å²) in [4.78, 5) is 30.7. The van der Waals surface area contributed by atoms with Crippen LogP contribution in [0.5, 0.6) is 0 Å². The summed E-state index contributed by atoms with van der Waals surface area (Å²) in [6, 6.07) is 3.90. The van der Waals surface area contributed by atoms with Crippen LogP contribution in [0.1, 0.15) is 50.4 Å². The number of anilines is 1. The number of carbonyl (C=O) groups excluding carboxylic acids is 1. The Kier molecular flexibility index (Phi) is 7.54. The summed E-state index contributed by atoms with van der Waals surface area (Å²) in [6.45, 7) is 5.52. The second-order valence-corrected chi connectivity index (χ2v) is 8.58. The molecule has 2 aromatic heterocycles. The topological polar surface area (TPSA) is 137 Å². The van der Waals surface area contributed by atoms with E-state index in [1.165, 1.54) is 0 Å². The molecule has 1 aliphatic rings. The first-order chi connectivity index (χ1) is 14.9. The monoisotopic (exact) mass is 429 g/mol. The molecule has 2 aromatic rings. The number of carboxylic acids is 1. The van der Waals surface area contributed by atoms with Crippen LogP contribution in [0.15, 0.2) is 18.3 Å². The van der Waals surface area contributed by atoms with E-state index in [1.54, 1.807) is 13.2 Å². The van der Waals surface area contributed by atoms with Gasteiger partial charge in [-0.25, -0.2) is 4.98 Å². The van der Waals surface area contributed by atoms with Gasteiger partial charge in [-0.3, -0.25) is 9.59 Å². The lowest BCUT2D eigenvalue weighted by molar-refractivity contribution is -0.143. The standard InChI is InChI=1S/C21H31N7O3/c1-13(2)9-17(21(30)31)16(19-24-26-27-25-19)10-14-6-7-18(23-11-14)28-8-4-5-15(12-28)20(29)22-3/h6-7,11,13,15-17H,4-5,8-10,12H2,1-3H3,(H,22,29)(H,30,31)(H,24,25,26,27). The van der Waals surface area contributed by atoms with Crippen molar-refractivity contribution >= 4 is 17.7 Å². The average molecular weight is 430 g/mol. The van der Waals surface area contributed by atoms with Gasteiger partial charge in [0.15, 0.2) is 5.82 Å². The molecule has 1 amide bonds. The Bertz CT molecular complexity index is 854. The van der Waals surface area contributed by atoms with E-state index in [4.69, 9.17) is 0 Å². The molecule has 3 unspecified atom stereocenters. The third-order valence-corrected chi connectivity index (χ3v) is 5.85. The fourth-order valence-electron chi connectivity index (χ4n) is 4.27. The summed E-state index contributed by atoms with van der Waals surface area (Å²) >= 11 is 0. The van der Waals surface area contributed by atoms with Crippen molar-refractivity contribution in [3.63, 3.8) is 0 Å². The minimum absolute atomic E-state index is 0.0322. The number of amides is 1. The van der Waals surface area contributed by atoms with E-state index in [9.17, 15) is 14.7 Å². The Morgan fingerprint density at radius 2 is 2.16 bits per heavy atom. The number of aromatic amines is 1. The van der Waals surface area contributed by atoms with E-state index in [0.29, 0.717) is 25.2 Å². The minimum Gasteiger partial charge on any atom is -0.481 e. The summed E-state index contributed by atoms with van der Waals surface area (Å²) in [5, 5.41) is 26.8. The molecule has 10 nitrogen and oxygen atoms in total. The molecule has 0 radical (unpaired) electrons. The molecule has 1 fully saturated rings. The van der Waals surface area contributed by atoms with Crippen LogP contribution < -0.4 is 10.2 Å². The largest absolute Gasteiger partial charge is 0.481 e. The van der Waals surface area contributed by atoms with Gasteiger partial charge in [-0.05, 0) is 43.2 Å². The van der Waals surface area contributed by atoms with Crippen LogP contribution in [0.25, 0.3) is 0 Å². The van der Waals surface area contributed by atoms with Gasteiger partial charge in [-0.1, -0.05) is 25.1 Å². The van der Waals surface area contributed by atoms with Gasteiger partial charge in [0.2, 0.25) is 5.91 Å². The maximum atomic E-state index is 12.0. The lowest BCUT2D eigenvalue weighted by Crippen LogP contribution is -2.42. The number of carbonyl (C=O) groups is 2. The van der Waals surface area contributed by atoms with E-state index in [2.05, 4.69) is 35.8 Å². The Labute approximate surface area is 181 Å². The highest BCUT2D eigenvalue weighted by molar-refractivity contribution is 5.79. The van der Waals surface area contributed by atoms with Crippen LogP contribution in [0.3, 0.4) is 0 Å². The molecule has 10 heteroatoms. The zero-order valence-corrected chi connectivity index (χ0v) is 18.3. The van der Waals surface area contributed by atoms with Crippen LogP contribution in [0.4, 0.5) is 5.82 Å². The SMILES string of the molecule is CNC(=O)C1CCCN(c2ccc(CC(c3nn[nH]n3)C(CC(C)C)C(=O)O)cn2)C1. The normalized spacial score (nSPS) is 18.6. The lowest BCUT2D eigenvalue weighted by Gasteiger charge is -2.32. The number of pyridine rings is 1. The summed E-state index contributed by atoms with van der Waals surface area (Å²) in [6.07, 6.45) is 4.58. The molecule has 1 aliphatic heterocycles. The molecule has 3 atom stereocenters. The van der Waals surface area contributed by atoms with Gasteiger partial charge in [0, 0.05) is 32.3 Å². The highest BCUT2D eigenvalue weighted by Gasteiger charge is 2.33. The number of nitrogens with one attached hydrogen (secondary N) is 2. The zero-order chi connectivity index (χ0) is 22.4. The molecule has 168 valence electrons. The summed E-state index contributed by atoms with van der Waals surface area (Å²) in [5.41, 5.74) is 0.911. The molecule has 3 N–H and O–H groups in total. The van der Waals surface area contributed by atoms with Crippen LogP contribution in [-0.2, 0) is 16.0 Å². The predicted octanol–water partition coefficient (Wildman–Crippen LogP) is 1.63. The Hall–Kier alpha value is -3.04. The maximum absolute atomic E-state index is 12.0. The Morgan fingerprint density at radius 3 is 2.74 bits per heavy atom. The van der Waals surface area contributed by atoms with Crippen LogP contribution in [0.2, 0.25) is 0 Å². The summed E-state index contributed by atoms with van der Waals surface area (Å²) in [7, 11) is 1.66. The number of tetrazole rings is 1. The molecule has 31 heavy (non-hydrogen) atoms. The fraction of sp³-hybridized carbons (Fsp3) is 0.619. The number of carboxylic acid groups (broad SMARTS) is 1. The predicted molar refractivity (Wildman–Crippen MR) is 114 cm³/mol. The van der Waals surface area contributed by atoms with Crippen molar-refractivity contribution in [2.75, 3.05) is 25.0 Å². The van der Waals surface area contributed by atoms with E-state index < -0.39 is 17.8 Å². The second-order valence-electron chi connectivity index (χ2n) is 8.58. The van der Waals surface area contributed by atoms with Gasteiger partial charge in [0.25, 0.3) is 0 Å². The first-order valence-corrected chi connectivity index (χ1v) is 10.8. The molecule has 0 bridgehead atoms.